The Labute approximate surface area is 140 Å². The van der Waals surface area contributed by atoms with Gasteiger partial charge in [-0.1, -0.05) is 41.9 Å². The number of ketones is 1. The molecule has 4 heteroatoms. The molecule has 0 saturated carbocycles. The van der Waals surface area contributed by atoms with E-state index < -0.39 is 0 Å². The summed E-state index contributed by atoms with van der Waals surface area (Å²) < 4.78 is 7.90. The van der Waals surface area contributed by atoms with Gasteiger partial charge in [-0.2, -0.15) is 0 Å². The maximum atomic E-state index is 12.0. The van der Waals surface area contributed by atoms with Crippen LogP contribution in [0.5, 0.6) is 5.75 Å². The molecule has 0 radical (unpaired) electrons. The molecular formula is C19H18ClNO2. The van der Waals surface area contributed by atoms with Crippen LogP contribution in [-0.4, -0.2) is 17.0 Å². The first-order valence-electron chi connectivity index (χ1n) is 7.55. The van der Waals surface area contributed by atoms with Gasteiger partial charge in [-0.05, 0) is 32.0 Å². The summed E-state index contributed by atoms with van der Waals surface area (Å²) in [5.41, 5.74) is 2.82. The van der Waals surface area contributed by atoms with Gasteiger partial charge in [-0.3, -0.25) is 4.79 Å². The summed E-state index contributed by atoms with van der Waals surface area (Å²) in [6.45, 7) is 4.73. The first kappa shape index (κ1) is 15.6. The number of carbonyl (C=O) groups excluding carboxylic acids is 1. The number of fused-ring (bicyclic) bond motifs is 1. The second-order valence-electron chi connectivity index (χ2n) is 5.46. The topological polar surface area (TPSA) is 31.2 Å². The van der Waals surface area contributed by atoms with Gasteiger partial charge in [-0.25, -0.2) is 0 Å². The number of halogens is 1. The van der Waals surface area contributed by atoms with Crippen molar-refractivity contribution in [2.75, 3.05) is 6.61 Å². The van der Waals surface area contributed by atoms with Gasteiger partial charge >= 0.3 is 0 Å². The van der Waals surface area contributed by atoms with Crippen molar-refractivity contribution in [2.45, 2.75) is 20.4 Å². The third-order valence-corrected chi connectivity index (χ3v) is 4.30. The Morgan fingerprint density at radius 1 is 1.13 bits per heavy atom. The summed E-state index contributed by atoms with van der Waals surface area (Å²) >= 11 is 6.10. The molecule has 0 amide bonds. The molecule has 118 valence electrons. The van der Waals surface area contributed by atoms with E-state index >= 15 is 0 Å². The number of ether oxygens (including phenoxy) is 1. The fourth-order valence-electron chi connectivity index (χ4n) is 2.97. The fraction of sp³-hybridized carbons (Fsp3) is 0.211. The molecule has 0 N–H and O–H groups in total. The van der Waals surface area contributed by atoms with Crippen LogP contribution in [0.1, 0.15) is 23.0 Å². The molecule has 0 fully saturated rings. The molecule has 1 aromatic heterocycles. The molecular weight excluding hydrogens is 310 g/mol. The summed E-state index contributed by atoms with van der Waals surface area (Å²) in [7, 11) is 0. The summed E-state index contributed by atoms with van der Waals surface area (Å²) in [6.07, 6.45) is 0. The quantitative estimate of drug-likeness (QED) is 0.625. The molecule has 0 atom stereocenters. The zero-order chi connectivity index (χ0) is 16.4. The molecule has 3 nitrogen and oxygen atoms in total. The van der Waals surface area contributed by atoms with E-state index in [4.69, 9.17) is 16.3 Å². The van der Waals surface area contributed by atoms with Crippen LogP contribution in [0.2, 0.25) is 5.02 Å². The summed E-state index contributed by atoms with van der Waals surface area (Å²) in [4.78, 5) is 12.0. The number of aromatic nitrogens is 1. The zero-order valence-corrected chi connectivity index (χ0v) is 13.9. The predicted molar refractivity (Wildman–Crippen MR) is 93.6 cm³/mol. The van der Waals surface area contributed by atoms with E-state index in [1.165, 1.54) is 0 Å². The lowest BCUT2D eigenvalue weighted by Gasteiger charge is -2.11. The molecule has 23 heavy (non-hydrogen) atoms. The van der Waals surface area contributed by atoms with E-state index in [9.17, 15) is 4.79 Å². The lowest BCUT2D eigenvalue weighted by molar-refractivity contribution is 0.101. The Bertz CT molecular complexity index is 867. The van der Waals surface area contributed by atoms with Crippen LogP contribution in [0, 0.1) is 6.92 Å². The molecule has 0 aliphatic rings. The molecule has 0 aliphatic carbocycles. The highest BCUT2D eigenvalue weighted by Crippen LogP contribution is 2.27. The molecule has 2 aromatic carbocycles. The average Bonchev–Trinajstić information content (AvgIpc) is 2.81. The second-order valence-corrected chi connectivity index (χ2v) is 5.87. The van der Waals surface area contributed by atoms with Crippen LogP contribution in [0.4, 0.5) is 0 Å². The van der Waals surface area contributed by atoms with E-state index in [1.54, 1.807) is 13.0 Å². The minimum absolute atomic E-state index is 0.0875. The van der Waals surface area contributed by atoms with Crippen molar-refractivity contribution in [3.63, 3.8) is 0 Å². The maximum Gasteiger partial charge on any atom is 0.162 e. The number of para-hydroxylation sites is 2. The molecule has 0 spiro atoms. The van der Waals surface area contributed by atoms with Gasteiger partial charge in [0.25, 0.3) is 0 Å². The molecule has 1 heterocycles. The van der Waals surface area contributed by atoms with Crippen LogP contribution in [0.25, 0.3) is 10.9 Å². The lowest BCUT2D eigenvalue weighted by Crippen LogP contribution is -2.10. The van der Waals surface area contributed by atoms with Gasteiger partial charge in [0.15, 0.2) is 5.78 Å². The van der Waals surface area contributed by atoms with Gasteiger partial charge in [-0.15, -0.1) is 0 Å². The molecule has 0 aliphatic heterocycles. The number of carbonyl (C=O) groups is 1. The van der Waals surface area contributed by atoms with Crippen molar-refractivity contribution in [1.82, 2.24) is 4.57 Å². The van der Waals surface area contributed by atoms with Crippen LogP contribution in [-0.2, 0) is 6.54 Å². The minimum Gasteiger partial charge on any atom is -0.490 e. The Morgan fingerprint density at radius 2 is 1.83 bits per heavy atom. The predicted octanol–water partition coefficient (Wildman–Crippen LogP) is 4.88. The van der Waals surface area contributed by atoms with Gasteiger partial charge in [0.2, 0.25) is 0 Å². The first-order chi connectivity index (χ1) is 11.1. The Balaban J connectivity index is 1.87. The highest BCUT2D eigenvalue weighted by molar-refractivity contribution is 6.32. The van der Waals surface area contributed by atoms with E-state index in [0.717, 1.165) is 22.2 Å². The highest BCUT2D eigenvalue weighted by Gasteiger charge is 2.16. The van der Waals surface area contributed by atoms with E-state index in [0.29, 0.717) is 23.9 Å². The van der Waals surface area contributed by atoms with E-state index in [-0.39, 0.29) is 5.78 Å². The molecule has 0 bridgehead atoms. The minimum atomic E-state index is 0.0875. The van der Waals surface area contributed by atoms with E-state index in [2.05, 4.69) is 4.57 Å². The van der Waals surface area contributed by atoms with Crippen molar-refractivity contribution >= 4 is 28.3 Å². The number of hydrogen-bond acceptors (Lipinski definition) is 2. The van der Waals surface area contributed by atoms with Gasteiger partial charge in [0.05, 0.1) is 11.6 Å². The average molecular weight is 328 g/mol. The number of rotatable bonds is 5. The Kier molecular flexibility index (Phi) is 4.39. The second kappa shape index (κ2) is 6.47. The standard InChI is InChI=1S/C19H18ClNO2/c1-13-19(14(2)22)15-7-3-5-9-17(15)21(13)11-12-23-18-10-6-4-8-16(18)20/h3-10H,11-12H2,1-2H3. The number of hydrogen-bond donors (Lipinski definition) is 0. The van der Waals surface area contributed by atoms with Crippen molar-refractivity contribution in [3.05, 3.63) is 64.8 Å². The maximum absolute atomic E-state index is 12.0. The van der Waals surface area contributed by atoms with E-state index in [1.807, 2.05) is 49.4 Å². The van der Waals surface area contributed by atoms with Crippen LogP contribution < -0.4 is 4.74 Å². The molecule has 3 rings (SSSR count). The fourth-order valence-corrected chi connectivity index (χ4v) is 3.16. The first-order valence-corrected chi connectivity index (χ1v) is 7.93. The lowest BCUT2D eigenvalue weighted by atomic mass is 10.1. The highest BCUT2D eigenvalue weighted by atomic mass is 35.5. The number of benzene rings is 2. The zero-order valence-electron chi connectivity index (χ0n) is 13.2. The molecule has 3 aromatic rings. The molecule has 0 saturated heterocycles. The summed E-state index contributed by atoms with van der Waals surface area (Å²) in [5, 5.41) is 1.60. The number of nitrogens with zero attached hydrogens (tertiary/aromatic N) is 1. The smallest absolute Gasteiger partial charge is 0.162 e. The normalized spacial score (nSPS) is 10.9. The Hall–Kier alpha value is -2.26. The third-order valence-electron chi connectivity index (χ3n) is 3.99. The van der Waals surface area contributed by atoms with Crippen LogP contribution in [0.3, 0.4) is 0 Å². The van der Waals surface area contributed by atoms with Crippen molar-refractivity contribution in [1.29, 1.82) is 0 Å². The Morgan fingerprint density at radius 3 is 2.57 bits per heavy atom. The van der Waals surface area contributed by atoms with Crippen LogP contribution in [0.15, 0.2) is 48.5 Å². The van der Waals surface area contributed by atoms with Gasteiger partial charge < -0.3 is 9.30 Å². The van der Waals surface area contributed by atoms with Crippen molar-refractivity contribution < 1.29 is 9.53 Å². The summed E-state index contributed by atoms with van der Waals surface area (Å²) in [5.74, 6) is 0.763. The SMILES string of the molecule is CC(=O)c1c(C)n(CCOc2ccccc2Cl)c2ccccc12. The van der Waals surface area contributed by atoms with Gasteiger partial charge in [0, 0.05) is 22.2 Å². The van der Waals surface area contributed by atoms with Crippen molar-refractivity contribution in [3.8, 4) is 5.75 Å². The van der Waals surface area contributed by atoms with Gasteiger partial charge in [0.1, 0.15) is 12.4 Å². The number of Topliss-reactive ketones (excluding diaryl/α,β-unsaturated/α-hetero) is 1. The van der Waals surface area contributed by atoms with Crippen molar-refractivity contribution in [2.24, 2.45) is 0 Å². The third kappa shape index (κ3) is 2.97. The molecule has 0 unspecified atom stereocenters. The largest absolute Gasteiger partial charge is 0.490 e. The summed E-state index contributed by atoms with van der Waals surface area (Å²) in [6, 6.07) is 15.4. The van der Waals surface area contributed by atoms with Crippen LogP contribution >= 0.6 is 11.6 Å². The monoisotopic (exact) mass is 327 g/mol.